The molecule has 18 heavy (non-hydrogen) atoms. The second-order valence-corrected chi connectivity index (χ2v) is 5.71. The van der Waals surface area contributed by atoms with Crippen LogP contribution >= 0.6 is 27.5 Å². The standard InChI is InChI=1S/C13H15BrClN3/c1-9(2)16-6-10-3-4-12(5-13(10)14)18-8-11(15)7-17-18/h3-5,7-9,16H,6H2,1-2H3. The maximum Gasteiger partial charge on any atom is 0.0790 e. The minimum absolute atomic E-state index is 0.474. The molecule has 0 saturated carbocycles. The molecule has 2 rings (SSSR count). The molecule has 0 amide bonds. The Morgan fingerprint density at radius 1 is 1.44 bits per heavy atom. The van der Waals surface area contributed by atoms with Crippen LogP contribution in [0.3, 0.4) is 0 Å². The third kappa shape index (κ3) is 3.34. The number of rotatable bonds is 4. The summed E-state index contributed by atoms with van der Waals surface area (Å²) in [6.45, 7) is 5.11. The van der Waals surface area contributed by atoms with Crippen LogP contribution in [0.15, 0.2) is 35.1 Å². The van der Waals surface area contributed by atoms with Crippen molar-refractivity contribution in [3.63, 3.8) is 0 Å². The molecular weight excluding hydrogens is 314 g/mol. The fourth-order valence-electron chi connectivity index (χ4n) is 1.58. The second-order valence-electron chi connectivity index (χ2n) is 4.41. The SMILES string of the molecule is CC(C)NCc1ccc(-n2cc(Cl)cn2)cc1Br. The number of hydrogen-bond donors (Lipinski definition) is 1. The first kappa shape index (κ1) is 13.6. The molecule has 0 bridgehead atoms. The van der Waals surface area contributed by atoms with Gasteiger partial charge in [0.2, 0.25) is 0 Å². The molecule has 5 heteroatoms. The van der Waals surface area contributed by atoms with E-state index >= 15 is 0 Å². The molecule has 0 aliphatic carbocycles. The largest absolute Gasteiger partial charge is 0.310 e. The van der Waals surface area contributed by atoms with Gasteiger partial charge in [-0.1, -0.05) is 47.4 Å². The monoisotopic (exact) mass is 327 g/mol. The Bertz CT molecular complexity index is 537. The van der Waals surface area contributed by atoms with Crippen molar-refractivity contribution in [3.05, 3.63) is 45.7 Å². The van der Waals surface area contributed by atoms with Crippen molar-refractivity contribution < 1.29 is 0 Å². The van der Waals surface area contributed by atoms with Gasteiger partial charge in [0.15, 0.2) is 0 Å². The van der Waals surface area contributed by atoms with Gasteiger partial charge in [0.05, 0.1) is 16.9 Å². The van der Waals surface area contributed by atoms with E-state index < -0.39 is 0 Å². The minimum Gasteiger partial charge on any atom is -0.310 e. The lowest BCUT2D eigenvalue weighted by molar-refractivity contribution is 0.588. The quantitative estimate of drug-likeness (QED) is 0.925. The Labute approximate surface area is 120 Å². The number of nitrogens with zero attached hydrogens (tertiary/aromatic N) is 2. The van der Waals surface area contributed by atoms with Crippen LogP contribution in [0.4, 0.5) is 0 Å². The lowest BCUT2D eigenvalue weighted by Crippen LogP contribution is -2.22. The van der Waals surface area contributed by atoms with E-state index in [9.17, 15) is 0 Å². The van der Waals surface area contributed by atoms with Crippen molar-refractivity contribution in [1.82, 2.24) is 15.1 Å². The average Bonchev–Trinajstić information content (AvgIpc) is 2.74. The number of benzene rings is 1. The molecule has 0 aliphatic heterocycles. The molecule has 1 aromatic carbocycles. The van der Waals surface area contributed by atoms with Crippen molar-refractivity contribution in [2.24, 2.45) is 0 Å². The van der Waals surface area contributed by atoms with Gasteiger partial charge >= 0.3 is 0 Å². The molecule has 1 aromatic heterocycles. The number of hydrogen-bond acceptors (Lipinski definition) is 2. The smallest absolute Gasteiger partial charge is 0.0790 e. The lowest BCUT2D eigenvalue weighted by atomic mass is 10.2. The predicted octanol–water partition coefficient (Wildman–Crippen LogP) is 3.79. The van der Waals surface area contributed by atoms with Gasteiger partial charge in [-0.05, 0) is 17.7 Å². The molecule has 96 valence electrons. The van der Waals surface area contributed by atoms with E-state index in [1.54, 1.807) is 17.1 Å². The van der Waals surface area contributed by atoms with Crippen LogP contribution < -0.4 is 5.32 Å². The van der Waals surface area contributed by atoms with Crippen molar-refractivity contribution >= 4 is 27.5 Å². The van der Waals surface area contributed by atoms with Crippen molar-refractivity contribution in [3.8, 4) is 5.69 Å². The molecular formula is C13H15BrClN3. The van der Waals surface area contributed by atoms with Crippen LogP contribution in [-0.2, 0) is 6.54 Å². The molecule has 0 unspecified atom stereocenters. The molecule has 0 atom stereocenters. The van der Waals surface area contributed by atoms with E-state index in [2.05, 4.69) is 46.3 Å². The Morgan fingerprint density at radius 3 is 2.78 bits per heavy atom. The van der Waals surface area contributed by atoms with Crippen LogP contribution in [0.1, 0.15) is 19.4 Å². The first-order valence-electron chi connectivity index (χ1n) is 5.78. The summed E-state index contributed by atoms with van der Waals surface area (Å²) in [5, 5.41) is 8.21. The molecule has 0 fully saturated rings. The van der Waals surface area contributed by atoms with Gasteiger partial charge in [-0.25, -0.2) is 4.68 Å². The lowest BCUT2D eigenvalue weighted by Gasteiger charge is -2.11. The highest BCUT2D eigenvalue weighted by Gasteiger charge is 2.05. The van der Waals surface area contributed by atoms with Gasteiger partial charge in [0.25, 0.3) is 0 Å². The number of halogens is 2. The highest BCUT2D eigenvalue weighted by Crippen LogP contribution is 2.21. The summed E-state index contributed by atoms with van der Waals surface area (Å²) < 4.78 is 2.83. The Hall–Kier alpha value is -0.840. The van der Waals surface area contributed by atoms with E-state index in [0.717, 1.165) is 16.7 Å². The first-order valence-corrected chi connectivity index (χ1v) is 6.95. The van der Waals surface area contributed by atoms with E-state index in [0.29, 0.717) is 11.1 Å². The van der Waals surface area contributed by atoms with Gasteiger partial charge in [-0.15, -0.1) is 0 Å². The Kier molecular flexibility index (Phi) is 4.43. The Balaban J connectivity index is 2.19. The molecule has 0 spiro atoms. The van der Waals surface area contributed by atoms with E-state index in [1.807, 2.05) is 12.1 Å². The highest BCUT2D eigenvalue weighted by molar-refractivity contribution is 9.10. The van der Waals surface area contributed by atoms with Crippen LogP contribution in [-0.4, -0.2) is 15.8 Å². The summed E-state index contributed by atoms with van der Waals surface area (Å²) in [6.07, 6.45) is 3.42. The van der Waals surface area contributed by atoms with Gasteiger partial charge in [-0.2, -0.15) is 5.10 Å². The van der Waals surface area contributed by atoms with Crippen LogP contribution in [0, 0.1) is 0 Å². The molecule has 0 radical (unpaired) electrons. The maximum atomic E-state index is 5.86. The highest BCUT2D eigenvalue weighted by atomic mass is 79.9. The topological polar surface area (TPSA) is 29.9 Å². The van der Waals surface area contributed by atoms with E-state index in [1.165, 1.54) is 5.56 Å². The van der Waals surface area contributed by atoms with Crippen LogP contribution in [0.2, 0.25) is 5.02 Å². The fraction of sp³-hybridized carbons (Fsp3) is 0.308. The summed E-state index contributed by atoms with van der Waals surface area (Å²) in [7, 11) is 0. The minimum atomic E-state index is 0.474. The van der Waals surface area contributed by atoms with Gasteiger partial charge < -0.3 is 5.32 Å². The van der Waals surface area contributed by atoms with Gasteiger partial charge in [0.1, 0.15) is 0 Å². The predicted molar refractivity (Wildman–Crippen MR) is 78.2 cm³/mol. The zero-order chi connectivity index (χ0) is 13.1. The summed E-state index contributed by atoms with van der Waals surface area (Å²) in [4.78, 5) is 0. The third-order valence-corrected chi connectivity index (χ3v) is 3.49. The van der Waals surface area contributed by atoms with Gasteiger partial charge in [0, 0.05) is 23.3 Å². The fourth-order valence-corrected chi connectivity index (χ4v) is 2.22. The number of nitrogens with one attached hydrogen (secondary N) is 1. The summed E-state index contributed by atoms with van der Waals surface area (Å²) in [6, 6.07) is 6.64. The van der Waals surface area contributed by atoms with Crippen molar-refractivity contribution in [1.29, 1.82) is 0 Å². The zero-order valence-corrected chi connectivity index (χ0v) is 12.7. The zero-order valence-electron chi connectivity index (χ0n) is 10.3. The second kappa shape index (κ2) is 5.87. The third-order valence-electron chi connectivity index (χ3n) is 2.55. The molecule has 0 saturated heterocycles. The summed E-state index contributed by atoms with van der Waals surface area (Å²) >= 11 is 9.45. The van der Waals surface area contributed by atoms with Crippen molar-refractivity contribution in [2.75, 3.05) is 0 Å². The van der Waals surface area contributed by atoms with E-state index in [-0.39, 0.29) is 0 Å². The summed E-state index contributed by atoms with van der Waals surface area (Å²) in [5.41, 5.74) is 2.22. The first-order chi connectivity index (χ1) is 8.56. The average molecular weight is 329 g/mol. The van der Waals surface area contributed by atoms with Gasteiger partial charge in [-0.3, -0.25) is 0 Å². The number of aromatic nitrogens is 2. The summed E-state index contributed by atoms with van der Waals surface area (Å²) in [5.74, 6) is 0. The molecule has 3 nitrogen and oxygen atoms in total. The molecule has 0 aliphatic rings. The Morgan fingerprint density at radius 2 is 2.22 bits per heavy atom. The van der Waals surface area contributed by atoms with Crippen LogP contribution in [0.25, 0.3) is 5.69 Å². The molecule has 1 heterocycles. The molecule has 1 N–H and O–H groups in total. The maximum absolute atomic E-state index is 5.86. The van der Waals surface area contributed by atoms with Crippen LogP contribution in [0.5, 0.6) is 0 Å². The molecule has 2 aromatic rings. The van der Waals surface area contributed by atoms with Crippen molar-refractivity contribution in [2.45, 2.75) is 26.4 Å². The normalized spacial score (nSPS) is 11.2. The van der Waals surface area contributed by atoms with E-state index in [4.69, 9.17) is 11.6 Å².